The number of nitrogens with one attached hydrogen (secondary N) is 2. The van der Waals surface area contributed by atoms with Gasteiger partial charge in [0.25, 0.3) is 5.91 Å². The summed E-state index contributed by atoms with van der Waals surface area (Å²) in [4.78, 5) is 18.7. The van der Waals surface area contributed by atoms with Gasteiger partial charge in [-0.15, -0.1) is 0 Å². The number of hydrogen-bond donors (Lipinski definition) is 2. The van der Waals surface area contributed by atoms with E-state index in [4.69, 9.17) is 4.74 Å². The maximum Gasteiger partial charge on any atom is 0.253 e. The lowest BCUT2D eigenvalue weighted by atomic mass is 10.2. The van der Waals surface area contributed by atoms with Crippen LogP contribution in [-0.4, -0.2) is 32.1 Å². The molecule has 0 spiro atoms. The molecule has 2 N–H and O–H groups in total. The van der Waals surface area contributed by atoms with Crippen LogP contribution in [0.1, 0.15) is 15.9 Å². The Balaban J connectivity index is 1.62. The molecule has 0 aliphatic rings. The molecule has 3 aromatic rings. The molecule has 0 aliphatic carbocycles. The number of benzene rings is 2. The molecule has 0 saturated carbocycles. The third kappa shape index (κ3) is 5.01. The number of aromatic nitrogens is 1. The Labute approximate surface area is 165 Å². The number of hydrogen-bond acceptors (Lipinski definition) is 5. The van der Waals surface area contributed by atoms with Crippen LogP contribution in [0.5, 0.6) is 5.75 Å². The van der Waals surface area contributed by atoms with Crippen molar-refractivity contribution >= 4 is 23.0 Å². The highest BCUT2D eigenvalue weighted by Gasteiger charge is 2.07. The molecule has 144 valence electrons. The van der Waals surface area contributed by atoms with E-state index < -0.39 is 0 Å². The number of pyridine rings is 1. The van der Waals surface area contributed by atoms with Crippen molar-refractivity contribution in [1.29, 1.82) is 0 Å². The maximum atomic E-state index is 12.5. The van der Waals surface area contributed by atoms with Crippen molar-refractivity contribution in [2.24, 2.45) is 0 Å². The minimum atomic E-state index is -0.171. The fourth-order valence-corrected chi connectivity index (χ4v) is 2.67. The summed E-state index contributed by atoms with van der Waals surface area (Å²) in [7, 11) is 5.63. The first-order valence-corrected chi connectivity index (χ1v) is 8.96. The molecular weight excluding hydrogens is 352 g/mol. The topological polar surface area (TPSA) is 66.5 Å². The molecule has 0 atom stereocenters. The lowest BCUT2D eigenvalue weighted by Gasteiger charge is -2.13. The molecule has 1 amide bonds. The van der Waals surface area contributed by atoms with E-state index >= 15 is 0 Å². The molecule has 0 radical (unpaired) electrons. The molecule has 0 saturated heterocycles. The first-order chi connectivity index (χ1) is 13.5. The highest BCUT2D eigenvalue weighted by molar-refractivity contribution is 5.94. The van der Waals surface area contributed by atoms with E-state index in [2.05, 4.69) is 15.6 Å². The van der Waals surface area contributed by atoms with Crippen LogP contribution in [0.3, 0.4) is 0 Å². The number of amides is 1. The van der Waals surface area contributed by atoms with Gasteiger partial charge >= 0.3 is 0 Å². The summed E-state index contributed by atoms with van der Waals surface area (Å²) >= 11 is 0. The summed E-state index contributed by atoms with van der Waals surface area (Å²) in [5.74, 6) is 0.617. The molecule has 0 fully saturated rings. The van der Waals surface area contributed by atoms with Gasteiger partial charge < -0.3 is 20.3 Å². The standard InChI is InChI=1S/C22H24N4O2/c1-26(2)20-8-6-18(7-9-20)25-19-12-17(14-23-15-19)22(27)24-13-16-4-10-21(28-3)11-5-16/h4-12,14-15,25H,13H2,1-3H3,(H,24,27). The van der Waals surface area contributed by atoms with Gasteiger partial charge in [-0.3, -0.25) is 9.78 Å². The van der Waals surface area contributed by atoms with Crippen molar-refractivity contribution in [3.8, 4) is 5.75 Å². The quantitative estimate of drug-likeness (QED) is 0.656. The number of nitrogens with zero attached hydrogens (tertiary/aromatic N) is 2. The van der Waals surface area contributed by atoms with E-state index in [0.29, 0.717) is 12.1 Å². The van der Waals surface area contributed by atoms with Crippen LogP contribution >= 0.6 is 0 Å². The average Bonchev–Trinajstić information content (AvgIpc) is 2.73. The van der Waals surface area contributed by atoms with Crippen molar-refractivity contribution in [2.45, 2.75) is 6.54 Å². The third-order valence-electron chi connectivity index (χ3n) is 4.28. The molecular formula is C22H24N4O2. The third-order valence-corrected chi connectivity index (χ3v) is 4.28. The minimum Gasteiger partial charge on any atom is -0.497 e. The highest BCUT2D eigenvalue weighted by Crippen LogP contribution is 2.20. The molecule has 3 rings (SSSR count). The second kappa shape index (κ2) is 8.90. The van der Waals surface area contributed by atoms with Crippen molar-refractivity contribution in [3.63, 3.8) is 0 Å². The first kappa shape index (κ1) is 19.2. The van der Waals surface area contributed by atoms with E-state index in [0.717, 1.165) is 28.4 Å². The minimum absolute atomic E-state index is 0.171. The number of carbonyl (C=O) groups excluding carboxylic acids is 1. The molecule has 1 aromatic heterocycles. The predicted octanol–water partition coefficient (Wildman–Crippen LogP) is 3.83. The number of ether oxygens (including phenoxy) is 1. The molecule has 6 heteroatoms. The van der Waals surface area contributed by atoms with Crippen molar-refractivity contribution in [1.82, 2.24) is 10.3 Å². The van der Waals surface area contributed by atoms with Gasteiger partial charge in [0.1, 0.15) is 5.75 Å². The number of rotatable bonds is 7. The van der Waals surface area contributed by atoms with Crippen LogP contribution < -0.4 is 20.3 Å². The van der Waals surface area contributed by atoms with Crippen LogP contribution in [0, 0.1) is 0 Å². The predicted molar refractivity (Wildman–Crippen MR) is 112 cm³/mol. The van der Waals surface area contributed by atoms with E-state index in [9.17, 15) is 4.79 Å². The number of anilines is 3. The smallest absolute Gasteiger partial charge is 0.253 e. The molecule has 1 heterocycles. The van der Waals surface area contributed by atoms with Gasteiger partial charge in [-0.2, -0.15) is 0 Å². The van der Waals surface area contributed by atoms with Gasteiger partial charge in [-0.25, -0.2) is 0 Å². The second-order valence-corrected chi connectivity index (χ2v) is 6.56. The monoisotopic (exact) mass is 376 g/mol. The molecule has 6 nitrogen and oxygen atoms in total. The summed E-state index contributed by atoms with van der Waals surface area (Å²) in [5, 5.41) is 6.19. The molecule has 28 heavy (non-hydrogen) atoms. The molecule has 2 aromatic carbocycles. The maximum absolute atomic E-state index is 12.5. The van der Waals surface area contributed by atoms with Crippen molar-refractivity contribution in [2.75, 3.05) is 31.4 Å². The van der Waals surface area contributed by atoms with Crippen LogP contribution in [0.4, 0.5) is 17.1 Å². The summed E-state index contributed by atoms with van der Waals surface area (Å²) in [6, 6.07) is 17.4. The van der Waals surface area contributed by atoms with Gasteiger partial charge in [0.05, 0.1) is 24.6 Å². The fourth-order valence-electron chi connectivity index (χ4n) is 2.67. The van der Waals surface area contributed by atoms with Gasteiger partial charge in [0, 0.05) is 38.2 Å². The lowest BCUT2D eigenvalue weighted by Crippen LogP contribution is -2.23. The van der Waals surface area contributed by atoms with E-state index in [1.54, 1.807) is 25.6 Å². The molecule has 0 unspecified atom stereocenters. The van der Waals surface area contributed by atoms with Crippen LogP contribution in [-0.2, 0) is 6.54 Å². The zero-order valence-electron chi connectivity index (χ0n) is 16.3. The first-order valence-electron chi connectivity index (χ1n) is 8.96. The lowest BCUT2D eigenvalue weighted by molar-refractivity contribution is 0.0950. The Morgan fingerprint density at radius 3 is 2.36 bits per heavy atom. The van der Waals surface area contributed by atoms with Gasteiger partial charge in [0.2, 0.25) is 0 Å². The average molecular weight is 376 g/mol. The van der Waals surface area contributed by atoms with Crippen molar-refractivity contribution in [3.05, 3.63) is 78.1 Å². The molecule has 0 aliphatic heterocycles. The normalized spacial score (nSPS) is 10.2. The SMILES string of the molecule is COc1ccc(CNC(=O)c2cncc(Nc3ccc(N(C)C)cc3)c2)cc1. The number of carbonyl (C=O) groups is 1. The van der Waals surface area contributed by atoms with Gasteiger partial charge in [0.15, 0.2) is 0 Å². The van der Waals surface area contributed by atoms with Gasteiger partial charge in [-0.05, 0) is 48.0 Å². The Hall–Kier alpha value is -3.54. The van der Waals surface area contributed by atoms with Crippen LogP contribution in [0.15, 0.2) is 67.0 Å². The fraction of sp³-hybridized carbons (Fsp3) is 0.182. The van der Waals surface area contributed by atoms with Crippen LogP contribution in [0.2, 0.25) is 0 Å². The Morgan fingerprint density at radius 2 is 1.71 bits per heavy atom. The second-order valence-electron chi connectivity index (χ2n) is 6.56. The van der Waals surface area contributed by atoms with Crippen LogP contribution in [0.25, 0.3) is 0 Å². The highest BCUT2D eigenvalue weighted by atomic mass is 16.5. The largest absolute Gasteiger partial charge is 0.497 e. The van der Waals surface area contributed by atoms with E-state index in [-0.39, 0.29) is 5.91 Å². The van der Waals surface area contributed by atoms with E-state index in [1.807, 2.05) is 67.5 Å². The Bertz CT molecular complexity index is 922. The van der Waals surface area contributed by atoms with Gasteiger partial charge in [-0.1, -0.05) is 12.1 Å². The van der Waals surface area contributed by atoms with Crippen molar-refractivity contribution < 1.29 is 9.53 Å². The van der Waals surface area contributed by atoms with E-state index in [1.165, 1.54) is 0 Å². The summed E-state index contributed by atoms with van der Waals surface area (Å²) in [6.45, 7) is 0.437. The Morgan fingerprint density at radius 1 is 1.00 bits per heavy atom. The summed E-state index contributed by atoms with van der Waals surface area (Å²) < 4.78 is 5.14. The Kier molecular flexibility index (Phi) is 6.11. The molecule has 0 bridgehead atoms. The zero-order valence-corrected chi connectivity index (χ0v) is 16.3. The zero-order chi connectivity index (χ0) is 19.9. The summed E-state index contributed by atoms with van der Waals surface area (Å²) in [5.41, 5.74) is 4.31. The summed E-state index contributed by atoms with van der Waals surface area (Å²) in [6.07, 6.45) is 3.25. The number of methoxy groups -OCH3 is 1.